The molecule has 5 rings (SSSR count). The van der Waals surface area contributed by atoms with Gasteiger partial charge in [-0.15, -0.1) is 10.2 Å². The van der Waals surface area contributed by atoms with E-state index in [0.29, 0.717) is 18.2 Å². The molecule has 1 aromatic heterocycles. The molecule has 6 nitrogen and oxygen atoms in total. The van der Waals surface area contributed by atoms with Crippen LogP contribution in [0, 0.1) is 6.92 Å². The number of morpholine rings is 1. The monoisotopic (exact) mass is 393 g/mol. The highest BCUT2D eigenvalue weighted by Gasteiger charge is 2.29. The Hall–Kier alpha value is -2.83. The molecule has 1 fully saturated rings. The zero-order chi connectivity index (χ0) is 19.1. The van der Waals surface area contributed by atoms with Crippen LogP contribution in [0.5, 0.6) is 0 Å². The van der Waals surface area contributed by atoms with Gasteiger partial charge in [0.15, 0.2) is 5.82 Å². The summed E-state index contributed by atoms with van der Waals surface area (Å²) < 4.78 is 7.66. The zero-order valence-electron chi connectivity index (χ0n) is 15.5. The van der Waals surface area contributed by atoms with Crippen molar-refractivity contribution in [2.75, 3.05) is 31.2 Å². The first kappa shape index (κ1) is 17.3. The topological polar surface area (TPSA) is 46.4 Å². The SMILES string of the molecule is Cc1nnc2n1-c1ccc(Cl)cc1N(c1ccccc1)C(N1CCOCC1)=C2. The van der Waals surface area contributed by atoms with Gasteiger partial charge in [-0.1, -0.05) is 29.8 Å². The van der Waals surface area contributed by atoms with Gasteiger partial charge < -0.3 is 9.64 Å². The molecule has 2 aromatic carbocycles. The molecule has 1 saturated heterocycles. The van der Waals surface area contributed by atoms with Gasteiger partial charge in [0.1, 0.15) is 11.6 Å². The summed E-state index contributed by atoms with van der Waals surface area (Å²) in [5, 5.41) is 9.43. The van der Waals surface area contributed by atoms with E-state index in [1.165, 1.54) is 0 Å². The van der Waals surface area contributed by atoms with Gasteiger partial charge in [0, 0.05) is 29.9 Å². The lowest BCUT2D eigenvalue weighted by Gasteiger charge is -2.37. The third-order valence-electron chi connectivity index (χ3n) is 5.11. The predicted octanol–water partition coefficient (Wildman–Crippen LogP) is 4.01. The molecule has 3 heterocycles. The smallest absolute Gasteiger partial charge is 0.164 e. The van der Waals surface area contributed by atoms with E-state index in [1.807, 2.05) is 43.3 Å². The fourth-order valence-corrected chi connectivity index (χ4v) is 3.98. The second kappa shape index (κ2) is 6.96. The molecular formula is C21H20ClN5O. The number of para-hydroxylation sites is 1. The van der Waals surface area contributed by atoms with Crippen LogP contribution in [-0.2, 0) is 4.74 Å². The van der Waals surface area contributed by atoms with E-state index in [1.54, 1.807) is 0 Å². The van der Waals surface area contributed by atoms with E-state index in [0.717, 1.165) is 47.6 Å². The van der Waals surface area contributed by atoms with E-state index in [4.69, 9.17) is 16.3 Å². The summed E-state index contributed by atoms with van der Waals surface area (Å²) in [6, 6.07) is 16.3. The lowest BCUT2D eigenvalue weighted by atomic mass is 10.2. The predicted molar refractivity (Wildman–Crippen MR) is 110 cm³/mol. The Balaban J connectivity index is 1.79. The quantitative estimate of drug-likeness (QED) is 0.658. The molecule has 142 valence electrons. The largest absolute Gasteiger partial charge is 0.378 e. The molecule has 0 spiro atoms. The van der Waals surface area contributed by atoms with Crippen LogP contribution in [0.25, 0.3) is 11.8 Å². The van der Waals surface area contributed by atoms with Crippen LogP contribution >= 0.6 is 11.6 Å². The molecule has 0 unspecified atom stereocenters. The molecule has 0 saturated carbocycles. The number of benzene rings is 2. The van der Waals surface area contributed by atoms with Crippen LogP contribution in [0.2, 0.25) is 5.02 Å². The van der Waals surface area contributed by atoms with Crippen LogP contribution in [0.4, 0.5) is 11.4 Å². The number of fused-ring (bicyclic) bond motifs is 3. The Morgan fingerprint density at radius 3 is 2.54 bits per heavy atom. The average molecular weight is 394 g/mol. The normalized spacial score (nSPS) is 16.3. The lowest BCUT2D eigenvalue weighted by molar-refractivity contribution is 0.0535. The van der Waals surface area contributed by atoms with Gasteiger partial charge in [-0.2, -0.15) is 0 Å². The first-order chi connectivity index (χ1) is 13.7. The van der Waals surface area contributed by atoms with Crippen LogP contribution in [-0.4, -0.2) is 46.0 Å². The van der Waals surface area contributed by atoms with Gasteiger partial charge in [-0.25, -0.2) is 0 Å². The van der Waals surface area contributed by atoms with E-state index in [2.05, 4.69) is 42.8 Å². The minimum absolute atomic E-state index is 0.690. The molecule has 28 heavy (non-hydrogen) atoms. The molecular weight excluding hydrogens is 374 g/mol. The summed E-state index contributed by atoms with van der Waals surface area (Å²) in [7, 11) is 0. The number of hydrogen-bond acceptors (Lipinski definition) is 5. The van der Waals surface area contributed by atoms with Crippen LogP contribution in [0.15, 0.2) is 54.4 Å². The van der Waals surface area contributed by atoms with Crippen molar-refractivity contribution in [2.45, 2.75) is 6.92 Å². The summed E-state index contributed by atoms with van der Waals surface area (Å²) >= 11 is 6.44. The molecule has 0 atom stereocenters. The second-order valence-electron chi connectivity index (χ2n) is 6.85. The van der Waals surface area contributed by atoms with Gasteiger partial charge in [0.25, 0.3) is 0 Å². The molecule has 3 aromatic rings. The molecule has 7 heteroatoms. The first-order valence-electron chi connectivity index (χ1n) is 9.34. The van der Waals surface area contributed by atoms with Crippen molar-refractivity contribution in [3.05, 3.63) is 71.0 Å². The average Bonchev–Trinajstić information content (AvgIpc) is 3.02. The molecule has 2 aliphatic heterocycles. The van der Waals surface area contributed by atoms with Gasteiger partial charge >= 0.3 is 0 Å². The maximum absolute atomic E-state index is 6.44. The van der Waals surface area contributed by atoms with E-state index in [-0.39, 0.29) is 0 Å². The van der Waals surface area contributed by atoms with Crippen molar-refractivity contribution >= 4 is 29.1 Å². The van der Waals surface area contributed by atoms with Crippen molar-refractivity contribution in [3.63, 3.8) is 0 Å². The highest BCUT2D eigenvalue weighted by Crippen LogP contribution is 2.40. The van der Waals surface area contributed by atoms with Crippen molar-refractivity contribution in [1.82, 2.24) is 19.7 Å². The fraction of sp³-hybridized carbons (Fsp3) is 0.238. The number of nitrogens with zero attached hydrogens (tertiary/aromatic N) is 5. The Bertz CT molecular complexity index is 1040. The Labute approximate surface area is 168 Å². The van der Waals surface area contributed by atoms with Crippen molar-refractivity contribution in [1.29, 1.82) is 0 Å². The maximum Gasteiger partial charge on any atom is 0.164 e. The highest BCUT2D eigenvalue weighted by molar-refractivity contribution is 6.31. The van der Waals surface area contributed by atoms with Crippen LogP contribution in [0.1, 0.15) is 11.6 Å². The van der Waals surface area contributed by atoms with Gasteiger partial charge in [-0.05, 0) is 37.3 Å². The van der Waals surface area contributed by atoms with Gasteiger partial charge in [0.05, 0.1) is 24.6 Å². The minimum Gasteiger partial charge on any atom is -0.378 e. The number of hydrogen-bond donors (Lipinski definition) is 0. The second-order valence-corrected chi connectivity index (χ2v) is 7.28. The van der Waals surface area contributed by atoms with E-state index >= 15 is 0 Å². The lowest BCUT2D eigenvalue weighted by Crippen LogP contribution is -2.40. The third kappa shape index (κ3) is 2.85. The summed E-state index contributed by atoms with van der Waals surface area (Å²) in [5.74, 6) is 2.69. The molecule has 0 amide bonds. The van der Waals surface area contributed by atoms with Crippen molar-refractivity contribution < 1.29 is 4.74 Å². The summed E-state index contributed by atoms with van der Waals surface area (Å²) in [4.78, 5) is 4.58. The number of aromatic nitrogens is 3. The number of ether oxygens (including phenoxy) is 1. The van der Waals surface area contributed by atoms with Gasteiger partial charge in [0.2, 0.25) is 0 Å². The van der Waals surface area contributed by atoms with Crippen molar-refractivity contribution in [3.8, 4) is 5.69 Å². The Morgan fingerprint density at radius 2 is 1.75 bits per heavy atom. The minimum atomic E-state index is 0.690. The van der Waals surface area contributed by atoms with E-state index < -0.39 is 0 Å². The number of aryl methyl sites for hydroxylation is 1. The number of anilines is 2. The molecule has 0 bridgehead atoms. The fourth-order valence-electron chi connectivity index (χ4n) is 3.81. The van der Waals surface area contributed by atoms with Crippen LogP contribution < -0.4 is 4.90 Å². The standard InChI is InChI=1S/C21H20ClN5O/c1-15-23-24-20-14-21(25-9-11-28-12-10-25)27(17-5-3-2-4-6-17)19-13-16(22)7-8-18(19)26(15)20/h2-8,13-14H,9-12H2,1H3. The molecule has 0 N–H and O–H groups in total. The molecule has 0 radical (unpaired) electrons. The zero-order valence-corrected chi connectivity index (χ0v) is 16.3. The van der Waals surface area contributed by atoms with Crippen LogP contribution in [0.3, 0.4) is 0 Å². The number of rotatable bonds is 2. The Kier molecular flexibility index (Phi) is 4.30. The Morgan fingerprint density at radius 1 is 0.964 bits per heavy atom. The van der Waals surface area contributed by atoms with Gasteiger partial charge in [-0.3, -0.25) is 9.47 Å². The number of halogens is 1. The maximum atomic E-state index is 6.44. The first-order valence-corrected chi connectivity index (χ1v) is 9.72. The van der Waals surface area contributed by atoms with E-state index in [9.17, 15) is 0 Å². The summed E-state index contributed by atoms with van der Waals surface area (Å²) in [6.07, 6.45) is 2.10. The summed E-state index contributed by atoms with van der Waals surface area (Å²) in [5.41, 5.74) is 3.07. The summed E-state index contributed by atoms with van der Waals surface area (Å²) in [6.45, 7) is 5.01. The highest BCUT2D eigenvalue weighted by atomic mass is 35.5. The molecule has 0 aliphatic carbocycles. The molecule has 2 aliphatic rings. The third-order valence-corrected chi connectivity index (χ3v) is 5.34. The van der Waals surface area contributed by atoms with Crippen molar-refractivity contribution in [2.24, 2.45) is 0 Å².